The lowest BCUT2D eigenvalue weighted by Gasteiger charge is -2.02. The SMILES string of the molecule is Cc1cc(C)cc(-c2cnc(CCCCCN)[nH]2)c1. The molecule has 1 heterocycles. The molecule has 0 bridgehead atoms. The molecule has 0 spiro atoms. The van der Waals surface area contributed by atoms with Crippen LogP contribution in [-0.2, 0) is 6.42 Å². The third kappa shape index (κ3) is 3.93. The minimum absolute atomic E-state index is 0.784. The number of nitrogens with one attached hydrogen (secondary N) is 1. The molecule has 2 aromatic rings. The van der Waals surface area contributed by atoms with Crippen LogP contribution in [0, 0.1) is 13.8 Å². The summed E-state index contributed by atoms with van der Waals surface area (Å²) in [4.78, 5) is 7.88. The van der Waals surface area contributed by atoms with Gasteiger partial charge in [-0.05, 0) is 45.4 Å². The smallest absolute Gasteiger partial charge is 0.106 e. The number of hydrogen-bond acceptors (Lipinski definition) is 2. The predicted octanol–water partition coefficient (Wildman–Crippen LogP) is 3.37. The number of H-pyrrole nitrogens is 1. The number of nitrogens with two attached hydrogens (primary N) is 1. The first-order valence-corrected chi connectivity index (χ1v) is 7.01. The van der Waals surface area contributed by atoms with Crippen molar-refractivity contribution in [3.05, 3.63) is 41.3 Å². The van der Waals surface area contributed by atoms with Gasteiger partial charge in [-0.3, -0.25) is 0 Å². The number of benzene rings is 1. The molecule has 1 aromatic carbocycles. The van der Waals surface area contributed by atoms with E-state index < -0.39 is 0 Å². The second kappa shape index (κ2) is 6.53. The Kier molecular flexibility index (Phi) is 4.74. The van der Waals surface area contributed by atoms with E-state index in [1.807, 2.05) is 6.20 Å². The van der Waals surface area contributed by atoms with E-state index in [0.29, 0.717) is 0 Å². The van der Waals surface area contributed by atoms with Crippen molar-refractivity contribution in [2.24, 2.45) is 5.73 Å². The number of nitrogens with zero attached hydrogens (tertiary/aromatic N) is 1. The summed E-state index contributed by atoms with van der Waals surface area (Å²) in [5.74, 6) is 1.08. The van der Waals surface area contributed by atoms with E-state index in [0.717, 1.165) is 37.3 Å². The molecule has 0 aliphatic heterocycles. The maximum Gasteiger partial charge on any atom is 0.106 e. The Hall–Kier alpha value is -1.61. The lowest BCUT2D eigenvalue weighted by Crippen LogP contribution is -1.98. The monoisotopic (exact) mass is 257 g/mol. The van der Waals surface area contributed by atoms with Crippen LogP contribution in [0.4, 0.5) is 0 Å². The van der Waals surface area contributed by atoms with Crippen LogP contribution in [0.3, 0.4) is 0 Å². The van der Waals surface area contributed by atoms with Gasteiger partial charge in [-0.25, -0.2) is 4.98 Å². The van der Waals surface area contributed by atoms with Crippen molar-refractivity contribution in [2.75, 3.05) is 6.54 Å². The molecule has 0 fully saturated rings. The van der Waals surface area contributed by atoms with E-state index in [1.54, 1.807) is 0 Å². The maximum absolute atomic E-state index is 5.49. The van der Waals surface area contributed by atoms with Gasteiger partial charge in [-0.1, -0.05) is 23.6 Å². The van der Waals surface area contributed by atoms with Crippen molar-refractivity contribution in [2.45, 2.75) is 39.5 Å². The van der Waals surface area contributed by atoms with Crippen LogP contribution < -0.4 is 5.73 Å². The van der Waals surface area contributed by atoms with Crippen molar-refractivity contribution in [1.29, 1.82) is 0 Å². The Morgan fingerprint density at radius 1 is 1.05 bits per heavy atom. The molecule has 3 nitrogen and oxygen atoms in total. The maximum atomic E-state index is 5.49. The molecule has 0 aliphatic rings. The van der Waals surface area contributed by atoms with Crippen LogP contribution in [0.5, 0.6) is 0 Å². The fourth-order valence-corrected chi connectivity index (χ4v) is 2.38. The van der Waals surface area contributed by atoms with Crippen molar-refractivity contribution < 1.29 is 0 Å². The fourth-order valence-electron chi connectivity index (χ4n) is 2.38. The zero-order valence-corrected chi connectivity index (χ0v) is 11.9. The normalized spacial score (nSPS) is 10.9. The highest BCUT2D eigenvalue weighted by Crippen LogP contribution is 2.20. The molecule has 0 amide bonds. The van der Waals surface area contributed by atoms with Crippen molar-refractivity contribution >= 4 is 0 Å². The number of hydrogen-bond donors (Lipinski definition) is 2. The number of unbranched alkanes of at least 4 members (excludes halogenated alkanes) is 2. The van der Waals surface area contributed by atoms with E-state index in [1.165, 1.54) is 23.1 Å². The molecular formula is C16H23N3. The summed E-state index contributed by atoms with van der Waals surface area (Å²) in [6.07, 6.45) is 6.37. The van der Waals surface area contributed by atoms with Gasteiger partial charge in [-0.15, -0.1) is 0 Å². The van der Waals surface area contributed by atoms with Crippen molar-refractivity contribution in [3.8, 4) is 11.3 Å². The van der Waals surface area contributed by atoms with Gasteiger partial charge < -0.3 is 10.7 Å². The van der Waals surface area contributed by atoms with Crippen LogP contribution in [0.15, 0.2) is 24.4 Å². The fraction of sp³-hybridized carbons (Fsp3) is 0.438. The number of aromatic amines is 1. The highest BCUT2D eigenvalue weighted by Gasteiger charge is 2.04. The summed E-state index contributed by atoms with van der Waals surface area (Å²) in [6.45, 7) is 5.03. The van der Waals surface area contributed by atoms with E-state index in [9.17, 15) is 0 Å². The average Bonchev–Trinajstić information content (AvgIpc) is 2.82. The first kappa shape index (κ1) is 13.8. The Morgan fingerprint density at radius 3 is 2.47 bits per heavy atom. The second-order valence-electron chi connectivity index (χ2n) is 5.22. The summed E-state index contributed by atoms with van der Waals surface area (Å²) >= 11 is 0. The van der Waals surface area contributed by atoms with Gasteiger partial charge in [0.25, 0.3) is 0 Å². The van der Waals surface area contributed by atoms with Gasteiger partial charge in [-0.2, -0.15) is 0 Å². The van der Waals surface area contributed by atoms with E-state index in [4.69, 9.17) is 5.73 Å². The third-order valence-electron chi connectivity index (χ3n) is 3.28. The first-order valence-electron chi connectivity index (χ1n) is 7.01. The number of aromatic nitrogens is 2. The Balaban J connectivity index is 2.03. The standard InChI is InChI=1S/C16H23N3/c1-12-8-13(2)10-14(9-12)15-11-18-16(19-15)6-4-3-5-7-17/h8-11H,3-7,17H2,1-2H3,(H,18,19). The lowest BCUT2D eigenvalue weighted by atomic mass is 10.1. The van der Waals surface area contributed by atoms with E-state index >= 15 is 0 Å². The predicted molar refractivity (Wildman–Crippen MR) is 80.1 cm³/mol. The zero-order valence-electron chi connectivity index (χ0n) is 11.9. The second-order valence-corrected chi connectivity index (χ2v) is 5.22. The molecule has 3 N–H and O–H groups in total. The van der Waals surface area contributed by atoms with Gasteiger partial charge in [0.2, 0.25) is 0 Å². The number of aryl methyl sites for hydroxylation is 3. The third-order valence-corrected chi connectivity index (χ3v) is 3.28. The quantitative estimate of drug-likeness (QED) is 0.780. The number of rotatable bonds is 6. The minimum atomic E-state index is 0.784. The van der Waals surface area contributed by atoms with Crippen molar-refractivity contribution in [1.82, 2.24) is 9.97 Å². The first-order chi connectivity index (χ1) is 9.19. The molecule has 0 saturated heterocycles. The number of imidazole rings is 1. The molecule has 0 atom stereocenters. The topological polar surface area (TPSA) is 54.7 Å². The highest BCUT2D eigenvalue weighted by atomic mass is 14.9. The highest BCUT2D eigenvalue weighted by molar-refractivity contribution is 5.60. The largest absolute Gasteiger partial charge is 0.342 e. The summed E-state index contributed by atoms with van der Waals surface area (Å²) in [6, 6.07) is 6.57. The molecule has 0 unspecified atom stereocenters. The minimum Gasteiger partial charge on any atom is -0.342 e. The van der Waals surface area contributed by atoms with Gasteiger partial charge in [0.1, 0.15) is 5.82 Å². The van der Waals surface area contributed by atoms with Gasteiger partial charge >= 0.3 is 0 Å². The molecule has 0 saturated carbocycles. The Morgan fingerprint density at radius 2 is 1.79 bits per heavy atom. The molecule has 102 valence electrons. The molecular weight excluding hydrogens is 234 g/mol. The van der Waals surface area contributed by atoms with Gasteiger partial charge in [0.05, 0.1) is 11.9 Å². The van der Waals surface area contributed by atoms with Crippen LogP contribution >= 0.6 is 0 Å². The molecule has 2 rings (SSSR count). The molecule has 3 heteroatoms. The molecule has 0 radical (unpaired) electrons. The van der Waals surface area contributed by atoms with E-state index in [-0.39, 0.29) is 0 Å². The lowest BCUT2D eigenvalue weighted by molar-refractivity contribution is 0.673. The Bertz CT molecular complexity index is 508. The molecule has 19 heavy (non-hydrogen) atoms. The molecule has 1 aromatic heterocycles. The van der Waals surface area contributed by atoms with Crippen LogP contribution in [-0.4, -0.2) is 16.5 Å². The summed E-state index contributed by atoms with van der Waals surface area (Å²) in [5.41, 5.74) is 10.4. The summed E-state index contributed by atoms with van der Waals surface area (Å²) < 4.78 is 0. The average molecular weight is 257 g/mol. The van der Waals surface area contributed by atoms with Crippen LogP contribution in [0.1, 0.15) is 36.2 Å². The molecule has 0 aliphatic carbocycles. The van der Waals surface area contributed by atoms with Gasteiger partial charge in [0, 0.05) is 12.0 Å². The van der Waals surface area contributed by atoms with Crippen molar-refractivity contribution in [3.63, 3.8) is 0 Å². The van der Waals surface area contributed by atoms with Gasteiger partial charge in [0.15, 0.2) is 0 Å². The Labute approximate surface area is 115 Å². The van der Waals surface area contributed by atoms with Crippen LogP contribution in [0.25, 0.3) is 11.3 Å². The zero-order chi connectivity index (χ0) is 13.7. The summed E-state index contributed by atoms with van der Waals surface area (Å²) in [7, 11) is 0. The van der Waals surface area contributed by atoms with Crippen LogP contribution in [0.2, 0.25) is 0 Å². The summed E-state index contributed by atoms with van der Waals surface area (Å²) in [5, 5.41) is 0. The van der Waals surface area contributed by atoms with E-state index in [2.05, 4.69) is 42.0 Å².